The van der Waals surface area contributed by atoms with Gasteiger partial charge in [0.05, 0.1) is 0 Å². The highest BCUT2D eigenvalue weighted by Crippen LogP contribution is 2.06. The lowest BCUT2D eigenvalue weighted by atomic mass is 10.1. The Morgan fingerprint density at radius 3 is 2.29 bits per heavy atom. The molecule has 0 N–H and O–H groups in total. The lowest BCUT2D eigenvalue weighted by Crippen LogP contribution is -3.00. The van der Waals surface area contributed by atoms with Crippen LogP contribution in [0.3, 0.4) is 0 Å². The molecule has 0 spiro atoms. The van der Waals surface area contributed by atoms with E-state index in [-0.39, 0.29) is 24.0 Å². The second kappa shape index (κ2) is 9.71. The van der Waals surface area contributed by atoms with Crippen LogP contribution >= 0.6 is 0 Å². The summed E-state index contributed by atoms with van der Waals surface area (Å²) >= 11 is 0. The number of allylic oxidation sites excluding steroid dienone is 2. The van der Waals surface area contributed by atoms with Crippen molar-refractivity contribution in [2.24, 2.45) is 0 Å². The molecule has 0 heterocycles. The van der Waals surface area contributed by atoms with Crippen LogP contribution in [0.4, 0.5) is 0 Å². The summed E-state index contributed by atoms with van der Waals surface area (Å²) in [5.74, 6) is 0. The number of unbranched alkanes of at least 4 members (excludes halogenated alkanes) is 1. The van der Waals surface area contributed by atoms with Crippen LogP contribution < -0.4 is 24.0 Å². The van der Waals surface area contributed by atoms with E-state index in [1.165, 1.54) is 24.0 Å². The summed E-state index contributed by atoms with van der Waals surface area (Å²) in [6, 6.07) is 0. The van der Waals surface area contributed by atoms with E-state index in [1.807, 2.05) is 0 Å². The van der Waals surface area contributed by atoms with Gasteiger partial charge in [0, 0.05) is 6.54 Å². The highest BCUT2D eigenvalue weighted by molar-refractivity contribution is 5.00. The van der Waals surface area contributed by atoms with Gasteiger partial charge in [0.1, 0.15) is 0 Å². The predicted octanol–water partition coefficient (Wildman–Crippen LogP) is 0.245. The smallest absolute Gasteiger partial charge is 0.0183 e. The van der Waals surface area contributed by atoms with Crippen molar-refractivity contribution in [1.29, 1.82) is 0 Å². The Morgan fingerprint density at radius 2 is 1.86 bits per heavy atom. The summed E-state index contributed by atoms with van der Waals surface area (Å²) in [6.45, 7) is 9.26. The lowest BCUT2D eigenvalue weighted by Gasteiger charge is -2.09. The van der Waals surface area contributed by atoms with Crippen molar-refractivity contribution >= 4 is 0 Å². The summed E-state index contributed by atoms with van der Waals surface area (Å²) in [5.41, 5.74) is 2.75. The number of rotatable bonds is 6. The number of halogens is 1. The SMILES string of the molecule is C=C(C)CCC/C=C(\C)CN(C)C.[I-]. The summed E-state index contributed by atoms with van der Waals surface area (Å²) in [6.07, 6.45) is 5.92. The first-order valence-corrected chi connectivity index (χ1v) is 4.97. The normalized spacial score (nSPS) is 11.4. The molecule has 0 aliphatic rings. The Hall–Kier alpha value is 0.170. The zero-order valence-corrected chi connectivity index (χ0v) is 12.1. The summed E-state index contributed by atoms with van der Waals surface area (Å²) in [4.78, 5) is 2.20. The second-order valence-corrected chi connectivity index (χ2v) is 4.14. The highest BCUT2D eigenvalue weighted by atomic mass is 127. The number of likely N-dealkylation sites (N-methyl/N-ethyl adjacent to an activating group) is 1. The molecule has 0 radical (unpaired) electrons. The fourth-order valence-corrected chi connectivity index (χ4v) is 1.32. The lowest BCUT2D eigenvalue weighted by molar-refractivity contribution is -0.00000314. The van der Waals surface area contributed by atoms with E-state index < -0.39 is 0 Å². The molecule has 0 aromatic heterocycles. The zero-order valence-electron chi connectivity index (χ0n) is 9.94. The molecule has 2 heteroatoms. The average molecular weight is 308 g/mol. The average Bonchev–Trinajstić information content (AvgIpc) is 1.96. The second-order valence-electron chi connectivity index (χ2n) is 4.14. The molecule has 1 nitrogen and oxygen atoms in total. The van der Waals surface area contributed by atoms with Crippen LogP contribution in [0, 0.1) is 0 Å². The maximum atomic E-state index is 3.89. The molecule has 14 heavy (non-hydrogen) atoms. The number of hydrogen-bond donors (Lipinski definition) is 0. The van der Waals surface area contributed by atoms with E-state index >= 15 is 0 Å². The van der Waals surface area contributed by atoms with Gasteiger partial charge < -0.3 is 28.9 Å². The van der Waals surface area contributed by atoms with Crippen LogP contribution in [-0.4, -0.2) is 25.5 Å². The largest absolute Gasteiger partial charge is 1.00 e. The Morgan fingerprint density at radius 1 is 1.29 bits per heavy atom. The number of nitrogens with zero attached hydrogens (tertiary/aromatic N) is 1. The molecule has 0 atom stereocenters. The van der Waals surface area contributed by atoms with Gasteiger partial charge in [-0.05, 0) is 47.2 Å². The topological polar surface area (TPSA) is 3.24 Å². The molecule has 0 unspecified atom stereocenters. The molecule has 0 amide bonds. The van der Waals surface area contributed by atoms with Gasteiger partial charge in [-0.25, -0.2) is 0 Å². The predicted molar refractivity (Wildman–Crippen MR) is 61.0 cm³/mol. The van der Waals surface area contributed by atoms with Crippen molar-refractivity contribution in [3.05, 3.63) is 23.8 Å². The monoisotopic (exact) mass is 308 g/mol. The van der Waals surface area contributed by atoms with Crippen LogP contribution in [0.2, 0.25) is 0 Å². The third-order valence-corrected chi connectivity index (χ3v) is 1.87. The molecule has 0 saturated carbocycles. The first-order valence-electron chi connectivity index (χ1n) is 4.97. The zero-order chi connectivity index (χ0) is 10.3. The molecule has 0 rings (SSSR count). The molecule has 84 valence electrons. The number of hydrogen-bond acceptors (Lipinski definition) is 1. The minimum absolute atomic E-state index is 0. The summed E-state index contributed by atoms with van der Waals surface area (Å²) < 4.78 is 0. The third-order valence-electron chi connectivity index (χ3n) is 1.87. The minimum Gasteiger partial charge on any atom is -1.00 e. The Labute approximate surface area is 106 Å². The van der Waals surface area contributed by atoms with Gasteiger partial charge in [0.2, 0.25) is 0 Å². The molecule has 0 bridgehead atoms. The van der Waals surface area contributed by atoms with Crippen molar-refractivity contribution in [2.75, 3.05) is 20.6 Å². The maximum Gasteiger partial charge on any atom is 0.0183 e. The Bertz CT molecular complexity index is 183. The van der Waals surface area contributed by atoms with E-state index in [4.69, 9.17) is 0 Å². The van der Waals surface area contributed by atoms with Gasteiger partial charge in [-0.15, -0.1) is 6.58 Å². The van der Waals surface area contributed by atoms with Gasteiger partial charge in [-0.3, -0.25) is 0 Å². The van der Waals surface area contributed by atoms with E-state index in [0.717, 1.165) is 13.0 Å². The molecule has 0 aliphatic carbocycles. The highest BCUT2D eigenvalue weighted by Gasteiger charge is 1.92. The van der Waals surface area contributed by atoms with E-state index in [9.17, 15) is 0 Å². The fourth-order valence-electron chi connectivity index (χ4n) is 1.32. The Balaban J connectivity index is 0. The van der Waals surface area contributed by atoms with Crippen molar-refractivity contribution in [3.63, 3.8) is 0 Å². The van der Waals surface area contributed by atoms with E-state index in [1.54, 1.807) is 0 Å². The quantitative estimate of drug-likeness (QED) is 0.386. The Kier molecular flexibility index (Phi) is 11.5. The van der Waals surface area contributed by atoms with Crippen molar-refractivity contribution in [3.8, 4) is 0 Å². The van der Waals surface area contributed by atoms with Crippen molar-refractivity contribution in [1.82, 2.24) is 4.90 Å². The molecule has 0 fully saturated rings. The summed E-state index contributed by atoms with van der Waals surface area (Å²) in [5, 5.41) is 0. The van der Waals surface area contributed by atoms with Crippen molar-refractivity contribution < 1.29 is 24.0 Å². The standard InChI is InChI=1S/C12H23N.HI/c1-11(2)8-6-7-9-12(3)10-13(4)5;/h9H,1,6-8,10H2,2-5H3;1H/p-1/b12-9+;. The molecule has 0 aliphatic heterocycles. The van der Waals surface area contributed by atoms with E-state index in [0.29, 0.717) is 0 Å². The van der Waals surface area contributed by atoms with Crippen molar-refractivity contribution in [2.45, 2.75) is 33.1 Å². The molecule has 0 saturated heterocycles. The van der Waals surface area contributed by atoms with Gasteiger partial charge in [-0.2, -0.15) is 0 Å². The van der Waals surface area contributed by atoms with Crippen LogP contribution in [0.5, 0.6) is 0 Å². The van der Waals surface area contributed by atoms with Gasteiger partial charge in [0.25, 0.3) is 0 Å². The third kappa shape index (κ3) is 12.2. The minimum atomic E-state index is 0. The first kappa shape index (κ1) is 16.6. The van der Waals surface area contributed by atoms with Gasteiger partial charge >= 0.3 is 0 Å². The van der Waals surface area contributed by atoms with Crippen LogP contribution in [0.15, 0.2) is 23.8 Å². The summed E-state index contributed by atoms with van der Waals surface area (Å²) in [7, 11) is 4.20. The maximum absolute atomic E-state index is 3.89. The molecule has 0 aromatic rings. The molecule has 0 aromatic carbocycles. The van der Waals surface area contributed by atoms with Crippen LogP contribution in [-0.2, 0) is 0 Å². The van der Waals surface area contributed by atoms with Crippen LogP contribution in [0.1, 0.15) is 33.1 Å². The molecular formula is C12H23IN-. The van der Waals surface area contributed by atoms with Gasteiger partial charge in [-0.1, -0.05) is 17.2 Å². The van der Waals surface area contributed by atoms with E-state index in [2.05, 4.69) is 45.5 Å². The molecular weight excluding hydrogens is 285 g/mol. The van der Waals surface area contributed by atoms with Crippen LogP contribution in [0.25, 0.3) is 0 Å². The fraction of sp³-hybridized carbons (Fsp3) is 0.667. The van der Waals surface area contributed by atoms with Gasteiger partial charge in [0.15, 0.2) is 0 Å². The first-order chi connectivity index (χ1) is 6.02.